The minimum absolute atomic E-state index is 0. The molecule has 0 bridgehead atoms. The summed E-state index contributed by atoms with van der Waals surface area (Å²) in [7, 11) is 0. The van der Waals surface area contributed by atoms with E-state index < -0.39 is 0 Å². The molecule has 3 rings (SSSR count). The quantitative estimate of drug-likeness (QED) is 0.713. The highest BCUT2D eigenvalue weighted by atomic mass is 35.5. The monoisotopic (exact) mass is 366 g/mol. The van der Waals surface area contributed by atoms with E-state index in [1.807, 2.05) is 38.1 Å². The summed E-state index contributed by atoms with van der Waals surface area (Å²) in [6.07, 6.45) is 1.70. The molecule has 8 heteroatoms. The third kappa shape index (κ3) is 3.99. The lowest BCUT2D eigenvalue weighted by molar-refractivity contribution is 0.0762. The molecule has 1 atom stereocenters. The van der Waals surface area contributed by atoms with E-state index in [0.29, 0.717) is 24.9 Å². The molecule has 0 amide bonds. The molecular formula is C16H19ClN4O2S. The first kappa shape index (κ1) is 18.5. The van der Waals surface area contributed by atoms with Crippen LogP contribution in [0.15, 0.2) is 35.0 Å². The second-order valence-corrected chi connectivity index (χ2v) is 6.05. The number of benzene rings is 1. The normalized spacial score (nSPS) is 12.0. The molecule has 0 aliphatic heterocycles. The Morgan fingerprint density at radius 1 is 1.29 bits per heavy atom. The van der Waals surface area contributed by atoms with Gasteiger partial charge in [0.25, 0.3) is 5.89 Å². The van der Waals surface area contributed by atoms with Gasteiger partial charge in [0.05, 0.1) is 6.20 Å². The summed E-state index contributed by atoms with van der Waals surface area (Å²) in [5, 5.41) is 4.94. The second kappa shape index (κ2) is 8.34. The highest BCUT2D eigenvalue weighted by Crippen LogP contribution is 2.30. The van der Waals surface area contributed by atoms with Gasteiger partial charge in [0.1, 0.15) is 16.0 Å². The van der Waals surface area contributed by atoms with Crippen LogP contribution in [0.5, 0.6) is 0 Å². The molecule has 0 saturated heterocycles. The summed E-state index contributed by atoms with van der Waals surface area (Å²) in [6.45, 7) is 5.11. The topological polar surface area (TPSA) is 87.1 Å². The Morgan fingerprint density at radius 2 is 2.04 bits per heavy atom. The van der Waals surface area contributed by atoms with E-state index in [1.54, 1.807) is 6.20 Å². The average Bonchev–Trinajstić information content (AvgIpc) is 3.24. The molecule has 0 aliphatic rings. The molecule has 0 spiro atoms. The van der Waals surface area contributed by atoms with Crippen molar-refractivity contribution in [3.63, 3.8) is 0 Å². The fourth-order valence-electron chi connectivity index (χ4n) is 2.13. The Morgan fingerprint density at radius 3 is 2.71 bits per heavy atom. The summed E-state index contributed by atoms with van der Waals surface area (Å²) >= 11 is 1.50. The zero-order chi connectivity index (χ0) is 16.2. The van der Waals surface area contributed by atoms with Crippen molar-refractivity contribution >= 4 is 23.7 Å². The number of nitrogens with zero attached hydrogens (tertiary/aromatic N) is 3. The van der Waals surface area contributed by atoms with Crippen molar-refractivity contribution in [2.75, 3.05) is 6.61 Å². The first-order chi connectivity index (χ1) is 11.2. The fraction of sp³-hybridized carbons (Fsp3) is 0.312. The molecule has 2 N–H and O–H groups in total. The molecule has 0 aliphatic carbocycles. The number of aromatic nitrogens is 3. The van der Waals surface area contributed by atoms with Crippen LogP contribution < -0.4 is 5.73 Å². The smallest absolute Gasteiger partial charge is 0.269 e. The number of hydrogen-bond donors (Lipinski definition) is 1. The molecule has 24 heavy (non-hydrogen) atoms. The summed E-state index contributed by atoms with van der Waals surface area (Å²) in [5.74, 6) is 1.02. The Balaban J connectivity index is 0.00000208. The van der Waals surface area contributed by atoms with Gasteiger partial charge in [0.15, 0.2) is 0 Å². The SMILES string of the molecule is CCOC(C)c1ncc(-c2nc(-c3ccc(CN)cc3)no2)s1.Cl. The van der Waals surface area contributed by atoms with Crippen LogP contribution in [-0.2, 0) is 11.3 Å². The van der Waals surface area contributed by atoms with Crippen molar-refractivity contribution in [1.29, 1.82) is 0 Å². The average molecular weight is 367 g/mol. The Labute approximate surface area is 150 Å². The predicted octanol–water partition coefficient (Wildman–Crippen LogP) is 3.84. The summed E-state index contributed by atoms with van der Waals surface area (Å²) < 4.78 is 10.9. The van der Waals surface area contributed by atoms with E-state index in [1.165, 1.54) is 11.3 Å². The van der Waals surface area contributed by atoms with E-state index >= 15 is 0 Å². The van der Waals surface area contributed by atoms with Gasteiger partial charge in [0, 0.05) is 18.7 Å². The summed E-state index contributed by atoms with van der Waals surface area (Å²) in [5.41, 5.74) is 7.56. The van der Waals surface area contributed by atoms with Crippen molar-refractivity contribution < 1.29 is 9.26 Å². The number of ether oxygens (including phenoxy) is 1. The van der Waals surface area contributed by atoms with E-state index in [-0.39, 0.29) is 18.5 Å². The van der Waals surface area contributed by atoms with Crippen LogP contribution in [-0.4, -0.2) is 21.7 Å². The van der Waals surface area contributed by atoms with Gasteiger partial charge in [-0.25, -0.2) is 4.98 Å². The minimum atomic E-state index is -0.0371. The standard InChI is InChI=1S/C16H18N4O2S.ClH/c1-3-21-10(2)16-18-9-13(23-16)15-19-14(20-22-15)12-6-4-11(8-17)5-7-12;/h4-7,9-10H,3,8,17H2,1-2H3;1H. The number of rotatable bonds is 6. The number of halogens is 1. The van der Waals surface area contributed by atoms with Gasteiger partial charge in [-0.3, -0.25) is 0 Å². The van der Waals surface area contributed by atoms with Gasteiger partial charge in [-0.1, -0.05) is 29.4 Å². The van der Waals surface area contributed by atoms with Crippen molar-refractivity contribution in [3.8, 4) is 22.2 Å². The third-order valence-corrected chi connectivity index (χ3v) is 4.52. The van der Waals surface area contributed by atoms with Crippen LogP contribution in [0.2, 0.25) is 0 Å². The minimum Gasteiger partial charge on any atom is -0.372 e. The molecule has 2 aromatic heterocycles. The Hall–Kier alpha value is -1.80. The van der Waals surface area contributed by atoms with Crippen molar-refractivity contribution in [2.24, 2.45) is 5.73 Å². The molecular weight excluding hydrogens is 348 g/mol. The van der Waals surface area contributed by atoms with Crippen LogP contribution in [0.4, 0.5) is 0 Å². The maximum atomic E-state index is 5.60. The fourth-order valence-corrected chi connectivity index (χ4v) is 2.97. The molecule has 2 heterocycles. The van der Waals surface area contributed by atoms with E-state index in [0.717, 1.165) is 21.0 Å². The lowest BCUT2D eigenvalue weighted by Gasteiger charge is -2.06. The predicted molar refractivity (Wildman–Crippen MR) is 96.0 cm³/mol. The highest BCUT2D eigenvalue weighted by molar-refractivity contribution is 7.15. The lowest BCUT2D eigenvalue weighted by Crippen LogP contribution is -1.97. The van der Waals surface area contributed by atoms with Gasteiger partial charge >= 0.3 is 0 Å². The van der Waals surface area contributed by atoms with Gasteiger partial charge in [-0.2, -0.15) is 4.98 Å². The molecule has 6 nitrogen and oxygen atoms in total. The van der Waals surface area contributed by atoms with E-state index in [4.69, 9.17) is 15.0 Å². The first-order valence-electron chi connectivity index (χ1n) is 7.42. The molecule has 0 saturated carbocycles. The first-order valence-corrected chi connectivity index (χ1v) is 8.23. The van der Waals surface area contributed by atoms with Crippen LogP contribution in [0.3, 0.4) is 0 Å². The van der Waals surface area contributed by atoms with Crippen molar-refractivity contribution in [1.82, 2.24) is 15.1 Å². The Kier molecular flexibility index (Phi) is 6.44. The molecule has 1 unspecified atom stereocenters. The van der Waals surface area contributed by atoms with Crippen molar-refractivity contribution in [2.45, 2.75) is 26.5 Å². The van der Waals surface area contributed by atoms with Crippen molar-refractivity contribution in [3.05, 3.63) is 41.0 Å². The molecule has 0 fully saturated rings. The zero-order valence-corrected chi connectivity index (χ0v) is 15.1. The lowest BCUT2D eigenvalue weighted by atomic mass is 10.1. The molecule has 1 aromatic carbocycles. The van der Waals surface area contributed by atoms with Gasteiger partial charge < -0.3 is 15.0 Å². The van der Waals surface area contributed by atoms with Crippen LogP contribution in [0.1, 0.15) is 30.5 Å². The van der Waals surface area contributed by atoms with Gasteiger partial charge in [0.2, 0.25) is 5.82 Å². The van der Waals surface area contributed by atoms with E-state index in [2.05, 4.69) is 15.1 Å². The van der Waals surface area contributed by atoms with Gasteiger partial charge in [-0.05, 0) is 19.4 Å². The van der Waals surface area contributed by atoms with Crippen LogP contribution in [0.25, 0.3) is 22.2 Å². The molecule has 0 radical (unpaired) electrons. The number of nitrogens with two attached hydrogens (primary N) is 1. The molecule has 3 aromatic rings. The van der Waals surface area contributed by atoms with Gasteiger partial charge in [-0.15, -0.1) is 23.7 Å². The van der Waals surface area contributed by atoms with Crippen LogP contribution >= 0.6 is 23.7 Å². The zero-order valence-electron chi connectivity index (χ0n) is 13.4. The van der Waals surface area contributed by atoms with E-state index in [9.17, 15) is 0 Å². The number of hydrogen-bond acceptors (Lipinski definition) is 7. The third-order valence-electron chi connectivity index (χ3n) is 3.37. The summed E-state index contributed by atoms with van der Waals surface area (Å²) in [4.78, 5) is 9.65. The number of thiazole rings is 1. The maximum absolute atomic E-state index is 5.60. The highest BCUT2D eigenvalue weighted by Gasteiger charge is 2.16. The second-order valence-electron chi connectivity index (χ2n) is 4.98. The largest absolute Gasteiger partial charge is 0.372 e. The summed E-state index contributed by atoms with van der Waals surface area (Å²) in [6, 6.07) is 7.79. The Bertz CT molecular complexity index is 772. The maximum Gasteiger partial charge on any atom is 0.269 e. The van der Waals surface area contributed by atoms with Crippen LogP contribution in [0, 0.1) is 0 Å². The molecule has 128 valence electrons.